The summed E-state index contributed by atoms with van der Waals surface area (Å²) in [6.07, 6.45) is 0. The van der Waals surface area contributed by atoms with Gasteiger partial charge in [0.05, 0.1) is 0 Å². The number of hydrogen-bond donors (Lipinski definition) is 0. The Hall–Kier alpha value is 2.88. The predicted octanol–water partition coefficient (Wildman–Crippen LogP) is -3.67. The summed E-state index contributed by atoms with van der Waals surface area (Å²) in [5.41, 5.74) is 0. The van der Waals surface area contributed by atoms with Crippen LogP contribution >= 0.6 is 26.3 Å². The number of halogens is 4. The summed E-state index contributed by atoms with van der Waals surface area (Å²) in [7, 11) is 0. The fourth-order valence-corrected chi connectivity index (χ4v) is 0. The van der Waals surface area contributed by atoms with Crippen molar-refractivity contribution < 1.29 is 59.3 Å². The Morgan fingerprint density at radius 3 is 1.00 bits per heavy atom. The summed E-state index contributed by atoms with van der Waals surface area (Å²) in [5.74, 6) is 0. The van der Waals surface area contributed by atoms with E-state index in [9.17, 15) is 0 Å². The Morgan fingerprint density at radius 1 is 1.00 bits per heavy atom. The summed E-state index contributed by atoms with van der Waals surface area (Å²) in [6, 6.07) is 0. The quantitative estimate of drug-likeness (QED) is 0.391. The molecule has 0 radical (unpaired) electrons. The summed E-state index contributed by atoms with van der Waals surface area (Å²) in [5, 5.41) is 0. The molecule has 0 heterocycles. The van der Waals surface area contributed by atoms with Gasteiger partial charge in [-0.1, -0.05) is 7.43 Å². The molecule has 42 valence electrons. The first-order chi connectivity index (χ1) is 1.41. The molecule has 0 aliphatic heterocycles. The molecule has 0 saturated heterocycles. The van der Waals surface area contributed by atoms with Crippen molar-refractivity contribution in [2.45, 2.75) is 7.43 Å². The first-order valence-electron chi connectivity index (χ1n) is 0.378. The Morgan fingerprint density at radius 2 is 1.00 bits per heavy atom. The second-order valence-corrected chi connectivity index (χ2v) is 7.95. The van der Waals surface area contributed by atoms with Gasteiger partial charge >= 0.3 is 41.3 Å². The second-order valence-electron chi connectivity index (χ2n) is 0.0714. The molecule has 0 fully saturated rings. The molecule has 0 nitrogen and oxygen atoms in total. The van der Waals surface area contributed by atoms with Crippen LogP contribution in [-0.2, 0) is 34.4 Å². The normalized spacial score (nSPS) is 1.43. The van der Waals surface area contributed by atoms with Gasteiger partial charge in [-0.3, -0.25) is 0 Å². The molecule has 0 rings (SSSR count). The van der Waals surface area contributed by atoms with Crippen LogP contribution < -0.4 is 24.8 Å². The third kappa shape index (κ3) is 50.7. The molecule has 0 atom stereocenters. The summed E-state index contributed by atoms with van der Waals surface area (Å²) in [4.78, 5) is 0. The first-order valence-corrected chi connectivity index (χ1v) is 8.10. The van der Waals surface area contributed by atoms with Crippen molar-refractivity contribution in [2.75, 3.05) is 0 Å². The molecular weight excluding hydrogens is 356 g/mol. The Kier molecular flexibility index (Phi) is 171. The van der Waals surface area contributed by atoms with E-state index < -0.39 is 0 Å². The van der Waals surface area contributed by atoms with Gasteiger partial charge in [0.25, 0.3) is 0 Å². The largest absolute Gasteiger partial charge is 1.00 e. The molecule has 0 amide bonds. The topological polar surface area (TPSA) is 0 Å². The van der Waals surface area contributed by atoms with Crippen LogP contribution in [0.4, 0.5) is 0 Å². The van der Waals surface area contributed by atoms with Crippen molar-refractivity contribution in [3.8, 4) is 0 Å². The van der Waals surface area contributed by atoms with Crippen LogP contribution in [0.15, 0.2) is 0 Å². The number of rotatable bonds is 0. The van der Waals surface area contributed by atoms with Gasteiger partial charge in [-0.2, -0.15) is 0 Å². The zero-order chi connectivity index (χ0) is 2.71. The minimum absolute atomic E-state index is 0. The molecule has 0 aliphatic rings. The van der Waals surface area contributed by atoms with Gasteiger partial charge in [-0.05, 0) is 0 Å². The van der Waals surface area contributed by atoms with Crippen LogP contribution in [0.5, 0.6) is 0 Å². The SMILES string of the molecule is C.[Br][Ti+2][Br].[Cl-].[Cl-].[Zn]. The van der Waals surface area contributed by atoms with Gasteiger partial charge in [0.15, 0.2) is 0 Å². The maximum absolute atomic E-state index is 3.19. The molecular formula is CH4Br2Cl2TiZn. The van der Waals surface area contributed by atoms with Crippen molar-refractivity contribution in [1.29, 1.82) is 0 Å². The molecule has 0 unspecified atom stereocenters. The third-order valence-corrected chi connectivity index (χ3v) is 0. The van der Waals surface area contributed by atoms with Crippen molar-refractivity contribution in [2.24, 2.45) is 0 Å². The maximum Gasteiger partial charge on any atom is 0 e. The summed E-state index contributed by atoms with van der Waals surface area (Å²) >= 11 is 6.50. The monoisotopic (exact) mass is 356 g/mol. The molecule has 0 aromatic carbocycles. The molecule has 0 aromatic heterocycles. The van der Waals surface area contributed by atoms with Gasteiger partial charge in [-0.15, -0.1) is 0 Å². The molecule has 0 saturated carbocycles. The van der Waals surface area contributed by atoms with Gasteiger partial charge in [0.2, 0.25) is 0 Å². The fraction of sp³-hybridized carbons (Fsp3) is 1.00. The number of hydrogen-bond acceptors (Lipinski definition) is 0. The molecule has 7 heavy (non-hydrogen) atoms. The van der Waals surface area contributed by atoms with Gasteiger partial charge in [-0.25, -0.2) is 0 Å². The van der Waals surface area contributed by atoms with E-state index >= 15 is 0 Å². The Balaban J connectivity index is -0.00000000333. The average molecular weight is 360 g/mol. The molecule has 0 spiro atoms. The molecule has 0 aromatic rings. The average Bonchev–Trinajstić information content (AvgIpc) is 0.918. The molecule has 0 aliphatic carbocycles. The standard InChI is InChI=1S/CH4.2BrH.2ClH.Ti.Zn/h1H4;4*1H;;/q;;;;;+4;/p-4. The smallest absolute Gasteiger partial charge is 0 e. The second kappa shape index (κ2) is 36.6. The minimum atomic E-state index is 0. The van der Waals surface area contributed by atoms with E-state index in [4.69, 9.17) is 0 Å². The van der Waals surface area contributed by atoms with Crippen molar-refractivity contribution in [3.63, 3.8) is 0 Å². The molecule has 0 N–H and O–H groups in total. The minimum Gasteiger partial charge on any atom is -1.00 e. The van der Waals surface area contributed by atoms with Crippen LogP contribution in [0.1, 0.15) is 7.43 Å². The van der Waals surface area contributed by atoms with E-state index in [0.717, 1.165) is 0 Å². The van der Waals surface area contributed by atoms with Gasteiger partial charge in [0.1, 0.15) is 0 Å². The van der Waals surface area contributed by atoms with Crippen molar-refractivity contribution in [3.05, 3.63) is 0 Å². The molecule has 6 heteroatoms. The van der Waals surface area contributed by atoms with Crippen LogP contribution in [0, 0.1) is 0 Å². The van der Waals surface area contributed by atoms with Crippen LogP contribution in [0.3, 0.4) is 0 Å². The van der Waals surface area contributed by atoms with Crippen molar-refractivity contribution in [1.82, 2.24) is 0 Å². The van der Waals surface area contributed by atoms with Gasteiger partial charge < -0.3 is 24.8 Å². The maximum atomic E-state index is 3.19. The fourth-order valence-electron chi connectivity index (χ4n) is 0. The Bertz CT molecular complexity index is 15.7. The third-order valence-electron chi connectivity index (χ3n) is 0. The van der Waals surface area contributed by atoms with E-state index in [1.54, 1.807) is 0 Å². The molecule has 0 bridgehead atoms. The van der Waals surface area contributed by atoms with E-state index in [1.807, 2.05) is 0 Å². The predicted molar refractivity (Wildman–Crippen MR) is 24.6 cm³/mol. The van der Waals surface area contributed by atoms with Crippen LogP contribution in [0.25, 0.3) is 0 Å². The van der Waals surface area contributed by atoms with E-state index in [1.165, 1.54) is 0 Å². The van der Waals surface area contributed by atoms with Crippen molar-refractivity contribution >= 4 is 26.3 Å². The zero-order valence-corrected chi connectivity index (χ0v) is 11.9. The van der Waals surface area contributed by atoms with E-state index in [-0.39, 0.29) is 66.7 Å². The van der Waals surface area contributed by atoms with E-state index in [0.29, 0.717) is 0 Å². The Labute approximate surface area is 91.6 Å². The van der Waals surface area contributed by atoms with E-state index in [2.05, 4.69) is 26.3 Å². The first kappa shape index (κ1) is 32.7. The van der Waals surface area contributed by atoms with Crippen LogP contribution in [0.2, 0.25) is 0 Å². The summed E-state index contributed by atoms with van der Waals surface area (Å²) in [6.45, 7) is 0. The van der Waals surface area contributed by atoms with Crippen LogP contribution in [-0.4, -0.2) is 0 Å². The van der Waals surface area contributed by atoms with Gasteiger partial charge in [0, 0.05) is 19.5 Å². The zero-order valence-electron chi connectivity index (χ0n) is 2.72. The summed E-state index contributed by atoms with van der Waals surface area (Å²) < 4.78 is 0.